The summed E-state index contributed by atoms with van der Waals surface area (Å²) in [5, 5.41) is 0. The number of hydrogen-bond acceptors (Lipinski definition) is 5. The Morgan fingerprint density at radius 2 is 1.79 bits per heavy atom. The third-order valence-corrected chi connectivity index (χ3v) is 2.36. The van der Waals surface area contributed by atoms with Crippen LogP contribution in [0.3, 0.4) is 0 Å². The van der Waals surface area contributed by atoms with Gasteiger partial charge in [0, 0.05) is 5.41 Å². The van der Waals surface area contributed by atoms with Crippen LogP contribution in [0.4, 0.5) is 0 Å². The Kier molecular flexibility index (Phi) is 2.25. The van der Waals surface area contributed by atoms with E-state index in [1.165, 1.54) is 0 Å². The van der Waals surface area contributed by atoms with E-state index in [4.69, 9.17) is 18.9 Å². The van der Waals surface area contributed by atoms with Crippen LogP contribution in [-0.4, -0.2) is 38.4 Å². The first-order valence-electron chi connectivity index (χ1n) is 4.69. The van der Waals surface area contributed by atoms with Crippen LogP contribution < -0.4 is 0 Å². The van der Waals surface area contributed by atoms with Crippen molar-refractivity contribution in [1.29, 1.82) is 0 Å². The number of rotatable bonds is 2. The molecule has 0 amide bonds. The van der Waals surface area contributed by atoms with Crippen LogP contribution in [0.2, 0.25) is 0 Å². The molecule has 3 rings (SSSR count). The van der Waals surface area contributed by atoms with Crippen molar-refractivity contribution in [3.63, 3.8) is 0 Å². The Morgan fingerprint density at radius 3 is 2.21 bits per heavy atom. The van der Waals surface area contributed by atoms with Gasteiger partial charge in [0.1, 0.15) is 0 Å². The largest absolute Gasteiger partial charge is 0.460 e. The third kappa shape index (κ3) is 1.41. The monoisotopic (exact) mass is 202 g/mol. The van der Waals surface area contributed by atoms with Gasteiger partial charge in [-0.2, -0.15) is 0 Å². The highest BCUT2D eigenvalue weighted by atomic mass is 16.9. The summed E-state index contributed by atoms with van der Waals surface area (Å²) in [6.07, 6.45) is 0. The second-order valence-corrected chi connectivity index (χ2v) is 3.95. The van der Waals surface area contributed by atoms with Crippen molar-refractivity contribution in [3.05, 3.63) is 0 Å². The summed E-state index contributed by atoms with van der Waals surface area (Å²) in [6.45, 7) is 5.39. The van der Waals surface area contributed by atoms with Crippen molar-refractivity contribution in [2.24, 2.45) is 5.41 Å². The zero-order valence-corrected chi connectivity index (χ0v) is 8.37. The standard InChI is InChI=1S/C9H14O5/c1-3-11-7(10)9-12-4-8(2,5-13-9)6-14-9/h3-6H2,1-2H3. The van der Waals surface area contributed by atoms with Crippen molar-refractivity contribution >= 4 is 5.97 Å². The van der Waals surface area contributed by atoms with Crippen LogP contribution in [0.15, 0.2) is 0 Å². The van der Waals surface area contributed by atoms with E-state index in [2.05, 4.69) is 0 Å². The molecule has 0 aromatic rings. The molecular formula is C9H14O5. The molecule has 0 atom stereocenters. The molecule has 80 valence electrons. The molecular weight excluding hydrogens is 188 g/mol. The summed E-state index contributed by atoms with van der Waals surface area (Å²) < 4.78 is 20.6. The maximum atomic E-state index is 11.5. The van der Waals surface area contributed by atoms with Crippen LogP contribution in [0.25, 0.3) is 0 Å². The lowest BCUT2D eigenvalue weighted by molar-refractivity contribution is -0.446. The molecule has 5 nitrogen and oxygen atoms in total. The van der Waals surface area contributed by atoms with E-state index in [0.717, 1.165) is 0 Å². The average molecular weight is 202 g/mol. The lowest BCUT2D eigenvalue weighted by Crippen LogP contribution is -2.62. The second kappa shape index (κ2) is 3.18. The predicted molar refractivity (Wildman–Crippen MR) is 45.3 cm³/mol. The van der Waals surface area contributed by atoms with Gasteiger partial charge in [-0.15, -0.1) is 0 Å². The molecule has 3 saturated heterocycles. The minimum Gasteiger partial charge on any atom is -0.460 e. The van der Waals surface area contributed by atoms with E-state index < -0.39 is 11.9 Å². The molecule has 0 N–H and O–H groups in total. The molecule has 0 aromatic heterocycles. The molecule has 3 heterocycles. The van der Waals surface area contributed by atoms with Gasteiger partial charge in [-0.25, -0.2) is 4.79 Å². The molecule has 0 unspecified atom stereocenters. The first-order chi connectivity index (χ1) is 6.60. The molecule has 0 spiro atoms. The highest BCUT2D eigenvalue weighted by molar-refractivity contribution is 5.76. The summed E-state index contributed by atoms with van der Waals surface area (Å²) in [6, 6.07) is 0. The second-order valence-electron chi connectivity index (χ2n) is 3.95. The maximum absolute atomic E-state index is 11.5. The fraction of sp³-hybridized carbons (Fsp3) is 0.889. The number of esters is 1. The van der Waals surface area contributed by atoms with Crippen LogP contribution in [0, 0.1) is 5.41 Å². The van der Waals surface area contributed by atoms with Gasteiger partial charge in [-0.1, -0.05) is 6.92 Å². The SMILES string of the molecule is CCOC(=O)C12OCC(C)(CO1)CO2. The summed E-state index contributed by atoms with van der Waals surface area (Å²) in [5.41, 5.74) is -0.131. The lowest BCUT2D eigenvalue weighted by atomic mass is 9.92. The van der Waals surface area contributed by atoms with Crippen molar-refractivity contribution < 1.29 is 23.7 Å². The van der Waals surface area contributed by atoms with E-state index in [0.29, 0.717) is 19.8 Å². The van der Waals surface area contributed by atoms with E-state index in [1.54, 1.807) is 6.92 Å². The number of carbonyl (C=O) groups is 1. The summed E-state index contributed by atoms with van der Waals surface area (Å²) in [7, 11) is 0. The van der Waals surface area contributed by atoms with Gasteiger partial charge in [0.05, 0.1) is 26.4 Å². The molecule has 3 fully saturated rings. The summed E-state index contributed by atoms with van der Waals surface area (Å²) in [5.74, 6) is -2.19. The van der Waals surface area contributed by atoms with Crippen molar-refractivity contribution in [1.82, 2.24) is 0 Å². The highest BCUT2D eigenvalue weighted by Crippen LogP contribution is 2.38. The fourth-order valence-corrected chi connectivity index (χ4v) is 1.45. The molecule has 2 bridgehead atoms. The predicted octanol–water partition coefficient (Wildman–Crippen LogP) is 0.287. The molecule has 14 heavy (non-hydrogen) atoms. The van der Waals surface area contributed by atoms with Crippen molar-refractivity contribution in [3.8, 4) is 0 Å². The van der Waals surface area contributed by atoms with Gasteiger partial charge < -0.3 is 18.9 Å². The Labute approximate surface area is 82.3 Å². The molecule has 0 aromatic carbocycles. The Bertz CT molecular complexity index is 225. The zero-order valence-electron chi connectivity index (χ0n) is 8.37. The average Bonchev–Trinajstić information content (AvgIpc) is 2.20. The third-order valence-electron chi connectivity index (χ3n) is 2.36. The minimum atomic E-state index is -1.59. The van der Waals surface area contributed by atoms with Crippen molar-refractivity contribution in [2.75, 3.05) is 26.4 Å². The van der Waals surface area contributed by atoms with Gasteiger partial charge in [0.15, 0.2) is 0 Å². The normalized spacial score (nSPS) is 41.0. The number of ether oxygens (including phenoxy) is 4. The number of fused-ring (bicyclic) bond motifs is 3. The van der Waals surface area contributed by atoms with Gasteiger partial charge in [0.2, 0.25) is 0 Å². The molecule has 0 aliphatic carbocycles. The minimum absolute atomic E-state index is 0.131. The van der Waals surface area contributed by atoms with E-state index >= 15 is 0 Å². The van der Waals surface area contributed by atoms with Gasteiger partial charge in [-0.3, -0.25) is 0 Å². The molecule has 3 aliphatic heterocycles. The quantitative estimate of drug-likeness (QED) is 0.602. The highest BCUT2D eigenvalue weighted by Gasteiger charge is 2.56. The Morgan fingerprint density at radius 1 is 1.29 bits per heavy atom. The van der Waals surface area contributed by atoms with Crippen LogP contribution in [0.5, 0.6) is 0 Å². The van der Waals surface area contributed by atoms with Gasteiger partial charge in [-0.05, 0) is 6.92 Å². The number of hydrogen-bond donors (Lipinski definition) is 0. The summed E-state index contributed by atoms with van der Waals surface area (Å²) >= 11 is 0. The van der Waals surface area contributed by atoms with E-state index in [9.17, 15) is 4.79 Å². The van der Waals surface area contributed by atoms with Crippen LogP contribution in [0.1, 0.15) is 13.8 Å². The molecule has 0 radical (unpaired) electrons. The van der Waals surface area contributed by atoms with E-state index in [1.807, 2.05) is 6.92 Å². The summed E-state index contributed by atoms with van der Waals surface area (Å²) in [4.78, 5) is 11.5. The molecule has 3 aliphatic rings. The maximum Gasteiger partial charge on any atom is 0.398 e. The van der Waals surface area contributed by atoms with E-state index in [-0.39, 0.29) is 12.0 Å². The number of carbonyl (C=O) groups excluding carboxylic acids is 1. The van der Waals surface area contributed by atoms with Gasteiger partial charge >= 0.3 is 11.9 Å². The molecule has 0 saturated carbocycles. The van der Waals surface area contributed by atoms with Crippen LogP contribution >= 0.6 is 0 Å². The fourth-order valence-electron chi connectivity index (χ4n) is 1.45. The Hall–Kier alpha value is -0.650. The van der Waals surface area contributed by atoms with Gasteiger partial charge in [0.25, 0.3) is 0 Å². The topological polar surface area (TPSA) is 54.0 Å². The zero-order chi connectivity index (χ0) is 10.2. The lowest BCUT2D eigenvalue weighted by Gasteiger charge is -2.48. The smallest absolute Gasteiger partial charge is 0.398 e. The van der Waals surface area contributed by atoms with Crippen LogP contribution in [-0.2, 0) is 23.7 Å². The first-order valence-corrected chi connectivity index (χ1v) is 4.69. The first kappa shape index (κ1) is 9.89. The Balaban J connectivity index is 2.08. The van der Waals surface area contributed by atoms with Crippen molar-refractivity contribution in [2.45, 2.75) is 19.8 Å². The molecule has 5 heteroatoms.